The molecule has 0 radical (unpaired) electrons. The highest BCUT2D eigenvalue weighted by Gasteiger charge is 2.16. The van der Waals surface area contributed by atoms with Crippen LogP contribution in [0.1, 0.15) is 24.9 Å². The monoisotopic (exact) mass is 413 g/mol. The first-order valence-corrected chi connectivity index (χ1v) is 9.16. The van der Waals surface area contributed by atoms with E-state index in [9.17, 15) is 4.79 Å². The van der Waals surface area contributed by atoms with Crippen molar-refractivity contribution < 1.29 is 19.0 Å². The van der Waals surface area contributed by atoms with Crippen molar-refractivity contribution in [1.82, 2.24) is 0 Å². The van der Waals surface area contributed by atoms with Gasteiger partial charge in [0.2, 0.25) is 0 Å². The van der Waals surface area contributed by atoms with Gasteiger partial charge in [0, 0.05) is 6.04 Å². The molecule has 0 aromatic heterocycles. The third kappa shape index (κ3) is 6.52. The number of benzene rings is 3. The maximum absolute atomic E-state index is 11.8. The predicted molar refractivity (Wildman–Crippen MR) is 115 cm³/mol. The number of esters is 1. The molecule has 0 amide bonds. The summed E-state index contributed by atoms with van der Waals surface area (Å²) in [5, 5.41) is 0. The number of para-hydroxylation sites is 2. The Hall–Kier alpha value is -3.02. The van der Waals surface area contributed by atoms with E-state index in [0.717, 1.165) is 5.56 Å². The molecule has 1 atom stereocenters. The number of nitrogens with two attached hydrogens (primary N) is 1. The second kappa shape index (κ2) is 11.1. The van der Waals surface area contributed by atoms with Gasteiger partial charge >= 0.3 is 5.97 Å². The molecule has 5 nitrogen and oxygen atoms in total. The molecule has 29 heavy (non-hydrogen) atoms. The largest absolute Gasteiger partial charge is 0.466 e. The standard InChI is InChI=1S/C23H23NO4.ClH/c1-2-26-23(25)16-20(24)17-13-14-21(27-18-9-5-3-6-10-18)22(15-17)28-19-11-7-4-8-12-19;/h3-15,20H,2,16,24H2,1H3;1H/t20-;/m0./s1. The smallest absolute Gasteiger partial charge is 0.307 e. The number of carbonyl (C=O) groups excluding carboxylic acids is 1. The van der Waals surface area contributed by atoms with Crippen LogP contribution in [-0.4, -0.2) is 12.6 Å². The lowest BCUT2D eigenvalue weighted by molar-refractivity contribution is -0.143. The van der Waals surface area contributed by atoms with Crippen molar-refractivity contribution in [2.45, 2.75) is 19.4 Å². The van der Waals surface area contributed by atoms with E-state index < -0.39 is 6.04 Å². The van der Waals surface area contributed by atoms with Crippen molar-refractivity contribution in [2.75, 3.05) is 6.61 Å². The van der Waals surface area contributed by atoms with E-state index in [1.807, 2.05) is 66.7 Å². The van der Waals surface area contributed by atoms with Gasteiger partial charge in [0.25, 0.3) is 0 Å². The molecular weight excluding hydrogens is 390 g/mol. The Morgan fingerprint density at radius 2 is 1.41 bits per heavy atom. The molecule has 3 aromatic rings. The zero-order valence-electron chi connectivity index (χ0n) is 16.1. The van der Waals surface area contributed by atoms with Crippen LogP contribution in [0.2, 0.25) is 0 Å². The van der Waals surface area contributed by atoms with E-state index >= 15 is 0 Å². The van der Waals surface area contributed by atoms with Gasteiger partial charge in [-0.1, -0.05) is 42.5 Å². The quantitative estimate of drug-likeness (QED) is 0.483. The van der Waals surface area contributed by atoms with Crippen LogP contribution in [0, 0.1) is 0 Å². The Balaban J connectivity index is 0.00000300. The van der Waals surface area contributed by atoms with Gasteiger partial charge in [-0.2, -0.15) is 0 Å². The van der Waals surface area contributed by atoms with Crippen molar-refractivity contribution >= 4 is 18.4 Å². The van der Waals surface area contributed by atoms with E-state index in [0.29, 0.717) is 29.6 Å². The molecule has 0 heterocycles. The van der Waals surface area contributed by atoms with Gasteiger partial charge in [0.15, 0.2) is 11.5 Å². The number of rotatable bonds is 8. The second-order valence-corrected chi connectivity index (χ2v) is 6.15. The van der Waals surface area contributed by atoms with Crippen molar-refractivity contribution in [3.8, 4) is 23.0 Å². The third-order valence-electron chi connectivity index (χ3n) is 4.03. The van der Waals surface area contributed by atoms with E-state index in [1.165, 1.54) is 0 Å². The van der Waals surface area contributed by atoms with E-state index in [2.05, 4.69) is 0 Å². The Morgan fingerprint density at radius 1 is 0.862 bits per heavy atom. The molecule has 0 aliphatic carbocycles. The van der Waals surface area contributed by atoms with E-state index in [1.54, 1.807) is 19.1 Å². The number of ether oxygens (including phenoxy) is 3. The first-order chi connectivity index (χ1) is 13.7. The Kier molecular flexibility index (Phi) is 8.52. The summed E-state index contributed by atoms with van der Waals surface area (Å²) in [7, 11) is 0. The van der Waals surface area contributed by atoms with Crippen molar-refractivity contribution in [2.24, 2.45) is 5.73 Å². The van der Waals surface area contributed by atoms with Crippen LogP contribution in [0.4, 0.5) is 0 Å². The lowest BCUT2D eigenvalue weighted by Crippen LogP contribution is -2.17. The Morgan fingerprint density at radius 3 is 1.97 bits per heavy atom. The summed E-state index contributed by atoms with van der Waals surface area (Å²) in [5.41, 5.74) is 6.96. The molecule has 0 saturated heterocycles. The summed E-state index contributed by atoms with van der Waals surface area (Å²) >= 11 is 0. The van der Waals surface area contributed by atoms with Gasteiger partial charge < -0.3 is 19.9 Å². The topological polar surface area (TPSA) is 70.8 Å². The first kappa shape index (κ1) is 22.3. The van der Waals surface area contributed by atoms with Gasteiger partial charge in [-0.05, 0) is 48.9 Å². The van der Waals surface area contributed by atoms with Crippen LogP contribution in [0.3, 0.4) is 0 Å². The molecule has 2 N–H and O–H groups in total. The molecule has 3 aromatic carbocycles. The van der Waals surface area contributed by atoms with Crippen molar-refractivity contribution in [3.63, 3.8) is 0 Å². The van der Waals surface area contributed by atoms with Crippen molar-refractivity contribution in [3.05, 3.63) is 84.4 Å². The van der Waals surface area contributed by atoms with Crippen LogP contribution < -0.4 is 15.2 Å². The highest BCUT2D eigenvalue weighted by Crippen LogP contribution is 2.37. The summed E-state index contributed by atoms with van der Waals surface area (Å²) in [6.45, 7) is 2.10. The molecule has 152 valence electrons. The summed E-state index contributed by atoms with van der Waals surface area (Å²) < 4.78 is 17.0. The average molecular weight is 414 g/mol. The fourth-order valence-electron chi connectivity index (χ4n) is 2.67. The van der Waals surface area contributed by atoms with Gasteiger partial charge in [-0.15, -0.1) is 12.4 Å². The van der Waals surface area contributed by atoms with Gasteiger partial charge in [-0.25, -0.2) is 0 Å². The summed E-state index contributed by atoms with van der Waals surface area (Å²) in [4.78, 5) is 11.8. The third-order valence-corrected chi connectivity index (χ3v) is 4.03. The van der Waals surface area contributed by atoms with Crippen LogP contribution in [0.15, 0.2) is 78.9 Å². The molecular formula is C23H24ClNO4. The molecule has 0 aliphatic rings. The lowest BCUT2D eigenvalue weighted by Gasteiger charge is -2.16. The molecule has 0 saturated carbocycles. The highest BCUT2D eigenvalue weighted by molar-refractivity contribution is 5.85. The number of carbonyl (C=O) groups is 1. The van der Waals surface area contributed by atoms with Crippen molar-refractivity contribution in [1.29, 1.82) is 0 Å². The zero-order valence-corrected chi connectivity index (χ0v) is 16.9. The van der Waals surface area contributed by atoms with E-state index in [4.69, 9.17) is 19.9 Å². The van der Waals surface area contributed by atoms with Crippen LogP contribution in [0.5, 0.6) is 23.0 Å². The predicted octanol–water partition coefficient (Wildman–Crippen LogP) is 5.65. The Bertz CT molecular complexity index is 903. The molecule has 0 fully saturated rings. The Labute approximate surface area is 176 Å². The molecule has 6 heteroatoms. The molecule has 0 spiro atoms. The SMILES string of the molecule is CCOC(=O)C[C@H](N)c1ccc(Oc2ccccc2)c(Oc2ccccc2)c1.Cl. The molecule has 3 rings (SSSR count). The second-order valence-electron chi connectivity index (χ2n) is 6.15. The molecule has 0 unspecified atom stereocenters. The highest BCUT2D eigenvalue weighted by atomic mass is 35.5. The van der Waals surface area contributed by atoms with Crippen LogP contribution in [0.25, 0.3) is 0 Å². The number of hydrogen-bond donors (Lipinski definition) is 1. The normalized spacial score (nSPS) is 11.1. The summed E-state index contributed by atoms with van der Waals surface area (Å²) in [6, 6.07) is 23.8. The molecule has 0 bridgehead atoms. The first-order valence-electron chi connectivity index (χ1n) is 9.16. The zero-order chi connectivity index (χ0) is 19.8. The average Bonchev–Trinajstić information content (AvgIpc) is 2.71. The number of halogens is 1. The lowest BCUT2D eigenvalue weighted by atomic mass is 10.0. The fraction of sp³-hybridized carbons (Fsp3) is 0.174. The minimum absolute atomic E-state index is 0. The maximum atomic E-state index is 11.8. The summed E-state index contributed by atoms with van der Waals surface area (Å²) in [6.07, 6.45) is 0.0947. The minimum atomic E-state index is -0.497. The van der Waals surface area contributed by atoms with Gasteiger partial charge in [0.05, 0.1) is 13.0 Å². The van der Waals surface area contributed by atoms with Crippen LogP contribution in [-0.2, 0) is 9.53 Å². The summed E-state index contributed by atoms with van der Waals surface area (Å²) in [5.74, 6) is 2.12. The van der Waals surface area contributed by atoms with E-state index in [-0.39, 0.29) is 24.8 Å². The van der Waals surface area contributed by atoms with Crippen LogP contribution >= 0.6 is 12.4 Å². The minimum Gasteiger partial charge on any atom is -0.466 e. The maximum Gasteiger partial charge on any atom is 0.307 e. The van der Waals surface area contributed by atoms with Gasteiger partial charge in [0.1, 0.15) is 11.5 Å². The van der Waals surface area contributed by atoms with Gasteiger partial charge in [-0.3, -0.25) is 4.79 Å². The number of hydrogen-bond acceptors (Lipinski definition) is 5. The molecule has 0 aliphatic heterocycles. The fourth-order valence-corrected chi connectivity index (χ4v) is 2.67.